The number of anilines is 1. The van der Waals surface area contributed by atoms with Gasteiger partial charge in [-0.3, -0.25) is 14.3 Å². The number of aldehydes is 1. The second kappa shape index (κ2) is 13.7. The van der Waals surface area contributed by atoms with Gasteiger partial charge in [-0.15, -0.1) is 11.6 Å². The first kappa shape index (κ1) is 32.0. The van der Waals surface area contributed by atoms with E-state index in [1.807, 2.05) is 38.1 Å². The monoisotopic (exact) mass is 628 g/mol. The van der Waals surface area contributed by atoms with Gasteiger partial charge >= 0.3 is 0 Å². The second-order valence-corrected chi connectivity index (χ2v) is 14.8. The first-order chi connectivity index (χ1) is 20.7. The van der Waals surface area contributed by atoms with Crippen LogP contribution in [0.15, 0.2) is 53.6 Å². The van der Waals surface area contributed by atoms with Gasteiger partial charge in [0.05, 0.1) is 22.9 Å². The zero-order valence-electron chi connectivity index (χ0n) is 25.7. The van der Waals surface area contributed by atoms with Gasteiger partial charge in [-0.25, -0.2) is 4.21 Å². The summed E-state index contributed by atoms with van der Waals surface area (Å²) in [7, 11) is 0.0341. The van der Waals surface area contributed by atoms with Crippen LogP contribution < -0.4 is 14.4 Å². The van der Waals surface area contributed by atoms with E-state index in [9.17, 15) is 13.8 Å². The van der Waals surface area contributed by atoms with E-state index in [1.165, 1.54) is 11.1 Å². The Bertz CT molecular complexity index is 1330. The molecule has 1 aromatic rings. The molecule has 43 heavy (non-hydrogen) atoms. The van der Waals surface area contributed by atoms with Crippen LogP contribution >= 0.6 is 11.6 Å². The number of fused-ring (bicyclic) bond motifs is 2. The van der Waals surface area contributed by atoms with Gasteiger partial charge in [0.25, 0.3) is 5.91 Å². The lowest BCUT2D eigenvalue weighted by atomic mass is 9.64. The van der Waals surface area contributed by atoms with Crippen LogP contribution in [0.1, 0.15) is 69.7 Å². The van der Waals surface area contributed by atoms with Gasteiger partial charge in [-0.1, -0.05) is 44.1 Å². The molecule has 1 N–H and O–H groups in total. The van der Waals surface area contributed by atoms with Crippen molar-refractivity contribution in [3.05, 3.63) is 59.2 Å². The summed E-state index contributed by atoms with van der Waals surface area (Å²) in [6.45, 7) is 8.00. The molecule has 4 aliphatic rings. The third-order valence-corrected chi connectivity index (χ3v) is 11.8. The fourth-order valence-electron chi connectivity index (χ4n) is 7.01. The van der Waals surface area contributed by atoms with Gasteiger partial charge in [0.2, 0.25) is 0 Å². The molecule has 8 unspecified atom stereocenters. The Morgan fingerprint density at radius 2 is 2.07 bits per heavy atom. The summed E-state index contributed by atoms with van der Waals surface area (Å²) in [4.78, 5) is 28.3. The van der Waals surface area contributed by atoms with Gasteiger partial charge in [0.15, 0.2) is 6.29 Å². The average molecular weight is 629 g/mol. The number of ether oxygens (including phenoxy) is 2. The summed E-state index contributed by atoms with van der Waals surface area (Å²) in [5.74, 6) is 0.741. The highest BCUT2D eigenvalue weighted by molar-refractivity contribution is 7.84. The Morgan fingerprint density at radius 3 is 2.77 bits per heavy atom. The summed E-state index contributed by atoms with van der Waals surface area (Å²) in [5.41, 5.74) is 2.96. The number of alkyl halides is 1. The lowest BCUT2D eigenvalue weighted by Gasteiger charge is -2.47. The maximum atomic E-state index is 13.3. The van der Waals surface area contributed by atoms with Crippen LogP contribution in [0.25, 0.3) is 0 Å². The number of nitrogens with one attached hydrogen (secondary N) is 1. The normalized spacial score (nSPS) is 35.6. The number of rotatable bonds is 5. The van der Waals surface area contributed by atoms with Crippen LogP contribution in [0.2, 0.25) is 0 Å². The van der Waals surface area contributed by atoms with Crippen molar-refractivity contribution in [2.75, 3.05) is 31.7 Å². The molecule has 0 saturated heterocycles. The van der Waals surface area contributed by atoms with Crippen molar-refractivity contribution >= 4 is 40.5 Å². The van der Waals surface area contributed by atoms with Gasteiger partial charge < -0.3 is 14.4 Å². The van der Waals surface area contributed by atoms with Gasteiger partial charge in [0, 0.05) is 37.6 Å². The molecular weight excluding hydrogens is 584 g/mol. The van der Waals surface area contributed by atoms with E-state index < -0.39 is 16.6 Å². The van der Waals surface area contributed by atoms with Gasteiger partial charge in [-0.05, 0) is 80.7 Å². The zero-order valence-corrected chi connectivity index (χ0v) is 27.3. The molecule has 2 heterocycles. The highest BCUT2D eigenvalue weighted by Gasteiger charge is 2.47. The van der Waals surface area contributed by atoms with Crippen molar-refractivity contribution in [3.8, 4) is 5.75 Å². The SMILES string of the molecule is CCCC1=C(C2COc3ccc4cc3N(C2)CC2CCC2C(C=O)(OC)/C=C/CC(C)C(C)S(=O)NC4=O)C=CC(Cl)C1. The van der Waals surface area contributed by atoms with E-state index in [2.05, 4.69) is 28.7 Å². The third kappa shape index (κ3) is 6.66. The molecule has 5 rings (SSSR count). The van der Waals surface area contributed by atoms with Crippen LogP contribution in [-0.4, -0.2) is 59.4 Å². The van der Waals surface area contributed by atoms with Crippen molar-refractivity contribution in [2.45, 2.75) is 75.5 Å². The predicted octanol–water partition coefficient (Wildman–Crippen LogP) is 6.15. The molecule has 1 aromatic carbocycles. The summed E-state index contributed by atoms with van der Waals surface area (Å²) in [5, 5.41) is -0.280. The molecule has 0 spiro atoms. The predicted molar refractivity (Wildman–Crippen MR) is 173 cm³/mol. The summed E-state index contributed by atoms with van der Waals surface area (Å²) in [6.07, 6.45) is 14.5. The minimum absolute atomic E-state index is 0.00348. The number of hydrogen-bond donors (Lipinski definition) is 1. The number of hydrogen-bond acceptors (Lipinski definition) is 6. The smallest absolute Gasteiger partial charge is 0.263 e. The van der Waals surface area contributed by atoms with Crippen molar-refractivity contribution in [3.63, 3.8) is 0 Å². The summed E-state index contributed by atoms with van der Waals surface area (Å²) in [6, 6.07) is 5.48. The third-order valence-electron chi connectivity index (χ3n) is 9.98. The Morgan fingerprint density at radius 1 is 1.26 bits per heavy atom. The van der Waals surface area contributed by atoms with Gasteiger partial charge in [-0.2, -0.15) is 0 Å². The number of amides is 1. The lowest BCUT2D eigenvalue weighted by molar-refractivity contribution is -0.135. The Labute approximate surface area is 263 Å². The van der Waals surface area contributed by atoms with Crippen LogP contribution in [-0.2, 0) is 20.5 Å². The Hall–Kier alpha value is -2.42. The fraction of sp³-hybridized carbons (Fsp3) is 0.588. The topological polar surface area (TPSA) is 84.9 Å². The number of carbonyl (C=O) groups excluding carboxylic acids is 2. The average Bonchev–Trinajstić information content (AvgIpc) is 3.17. The number of allylic oxidation sites excluding steroid dienone is 4. The molecule has 1 saturated carbocycles. The standard InChI is InChI=1S/C34H45ClN2O5S/c1-5-7-24-16-28(35)11-12-29(24)27-19-37-18-26-9-13-30(26)34(21-38,41-4)15-6-8-22(2)23(3)43(40)36-33(39)25-10-14-32(42-20-27)31(37)17-25/h6,10-12,14-15,17,21-23,26-28,30H,5,7-9,13,16,18-20H2,1-4H3,(H,36,39)/b15-6+. The zero-order chi connectivity index (χ0) is 30.7. The maximum absolute atomic E-state index is 13.3. The van der Waals surface area contributed by atoms with E-state index in [1.54, 1.807) is 13.2 Å². The van der Waals surface area contributed by atoms with Crippen LogP contribution in [0.3, 0.4) is 0 Å². The van der Waals surface area contributed by atoms with Crippen molar-refractivity contribution in [1.29, 1.82) is 0 Å². The molecule has 0 radical (unpaired) electrons. The van der Waals surface area contributed by atoms with E-state index in [0.29, 0.717) is 31.7 Å². The molecule has 0 aromatic heterocycles. The van der Waals surface area contributed by atoms with E-state index in [0.717, 1.165) is 49.8 Å². The van der Waals surface area contributed by atoms with E-state index >= 15 is 0 Å². The Kier molecular flexibility index (Phi) is 10.2. The molecule has 1 amide bonds. The summed E-state index contributed by atoms with van der Waals surface area (Å²) < 4.78 is 28.3. The molecule has 9 heteroatoms. The number of halogens is 1. The summed E-state index contributed by atoms with van der Waals surface area (Å²) >= 11 is 6.54. The van der Waals surface area contributed by atoms with Crippen molar-refractivity contribution in [1.82, 2.24) is 4.72 Å². The number of nitrogens with zero attached hydrogens (tertiary/aromatic N) is 1. The first-order valence-corrected chi connectivity index (χ1v) is 17.3. The lowest BCUT2D eigenvalue weighted by Crippen LogP contribution is -2.52. The molecular formula is C34H45ClN2O5S. The number of carbonyl (C=O) groups is 2. The molecule has 8 atom stereocenters. The minimum Gasteiger partial charge on any atom is -0.491 e. The minimum atomic E-state index is -1.58. The van der Waals surface area contributed by atoms with Gasteiger partial charge in [0.1, 0.15) is 22.3 Å². The van der Waals surface area contributed by atoms with Crippen LogP contribution in [0, 0.1) is 23.7 Å². The first-order valence-electron chi connectivity index (χ1n) is 15.7. The highest BCUT2D eigenvalue weighted by Crippen LogP contribution is 2.46. The second-order valence-electron chi connectivity index (χ2n) is 12.7. The highest BCUT2D eigenvalue weighted by atomic mass is 35.5. The van der Waals surface area contributed by atoms with E-state index in [4.69, 9.17) is 21.1 Å². The largest absolute Gasteiger partial charge is 0.491 e. The van der Waals surface area contributed by atoms with Crippen LogP contribution in [0.4, 0.5) is 5.69 Å². The molecule has 2 bridgehead atoms. The molecule has 2 aliphatic carbocycles. The number of methoxy groups -OCH3 is 1. The van der Waals surface area contributed by atoms with Crippen molar-refractivity contribution in [2.24, 2.45) is 23.7 Å². The molecule has 7 nitrogen and oxygen atoms in total. The molecule has 1 fully saturated rings. The van der Waals surface area contributed by atoms with Crippen LogP contribution in [0.5, 0.6) is 5.75 Å². The molecule has 234 valence electrons. The maximum Gasteiger partial charge on any atom is 0.263 e. The van der Waals surface area contributed by atoms with Crippen molar-refractivity contribution < 1.29 is 23.3 Å². The molecule has 2 aliphatic heterocycles. The quantitative estimate of drug-likeness (QED) is 0.239. The fourth-order valence-corrected chi connectivity index (χ4v) is 8.29. The Balaban J connectivity index is 1.56. The number of benzene rings is 1. The van der Waals surface area contributed by atoms with E-state index in [-0.39, 0.29) is 40.2 Å².